The minimum Gasteiger partial charge on any atom is -0.370 e. The number of aliphatic hydroxyl groups is 1. The van der Waals surface area contributed by atoms with Crippen molar-refractivity contribution >= 4 is 11.6 Å². The molecule has 0 atom stereocenters. The van der Waals surface area contributed by atoms with Gasteiger partial charge in [0.25, 0.3) is 0 Å². The normalized spacial score (nSPS) is 12.2. The number of nitrogens with zero attached hydrogens (tertiary/aromatic N) is 1. The fourth-order valence-electron chi connectivity index (χ4n) is 6.75. The minimum absolute atomic E-state index is 0.169. The van der Waals surface area contributed by atoms with Gasteiger partial charge < -0.3 is 9.59 Å². The molecule has 0 rings (SSSR count). The van der Waals surface area contributed by atoms with Crippen molar-refractivity contribution in [3.05, 3.63) is 0 Å². The van der Waals surface area contributed by atoms with Gasteiger partial charge in [-0.15, -0.1) is 0 Å². The second-order valence-corrected chi connectivity index (χ2v) is 15.6. The highest BCUT2D eigenvalue weighted by Gasteiger charge is 2.46. The molecule has 0 spiro atoms. The van der Waals surface area contributed by atoms with Crippen molar-refractivity contribution in [3.63, 3.8) is 0 Å². The van der Waals surface area contributed by atoms with Crippen LogP contribution in [-0.4, -0.2) is 54.4 Å². The topological polar surface area (TPSA) is 54.4 Å². The van der Waals surface area contributed by atoms with Gasteiger partial charge in [0.2, 0.25) is 5.60 Å². The van der Waals surface area contributed by atoms with Crippen LogP contribution in [0.1, 0.15) is 219 Å². The van der Waals surface area contributed by atoms with E-state index in [0.717, 1.165) is 38.5 Å². The van der Waals surface area contributed by atoms with E-state index in [4.69, 9.17) is 0 Å². The summed E-state index contributed by atoms with van der Waals surface area (Å²) in [6.07, 6.45) is 39.1. The molecule has 0 aromatic heterocycles. The molecule has 0 saturated carbocycles. The zero-order valence-electron chi connectivity index (χ0n) is 31.5. The summed E-state index contributed by atoms with van der Waals surface area (Å²) < 4.78 is 0.408. The summed E-state index contributed by atoms with van der Waals surface area (Å²) >= 11 is 0. The largest absolute Gasteiger partial charge is 0.370 e. The highest BCUT2D eigenvalue weighted by atomic mass is 16.3. The van der Waals surface area contributed by atoms with Crippen LogP contribution in [0, 0.1) is 0 Å². The highest BCUT2D eigenvalue weighted by Crippen LogP contribution is 2.22. The van der Waals surface area contributed by atoms with Gasteiger partial charge in [0.05, 0.1) is 21.1 Å². The number of carbonyl (C=O) groups is 2. The van der Waals surface area contributed by atoms with Crippen molar-refractivity contribution in [2.45, 2.75) is 225 Å². The van der Waals surface area contributed by atoms with Gasteiger partial charge in [-0.25, -0.2) is 0 Å². The molecule has 0 aromatic carbocycles. The molecule has 0 aliphatic rings. The Balaban J connectivity index is 4.01. The quantitative estimate of drug-likeness (QED) is 0.0423. The van der Waals surface area contributed by atoms with Gasteiger partial charge in [0.1, 0.15) is 6.54 Å². The van der Waals surface area contributed by atoms with Crippen molar-refractivity contribution in [1.29, 1.82) is 0 Å². The molecule has 0 radical (unpaired) electrons. The summed E-state index contributed by atoms with van der Waals surface area (Å²) in [4.78, 5) is 26.4. The third-order valence-electron chi connectivity index (χ3n) is 9.64. The summed E-state index contributed by atoms with van der Waals surface area (Å²) in [7, 11) is 5.85. The SMILES string of the molecule is CCCCCCCCCCCCCCCCCC(=O)C(O)(C[N+](C)(C)C)C(=O)CCCCCCCCCCCCCCCCC. The Morgan fingerprint density at radius 2 is 0.600 bits per heavy atom. The maximum Gasteiger partial charge on any atom is 0.230 e. The first-order valence-electron chi connectivity index (χ1n) is 20.3. The van der Waals surface area contributed by atoms with Crippen LogP contribution < -0.4 is 0 Å². The molecule has 0 aromatic rings. The molecule has 45 heavy (non-hydrogen) atoms. The number of unbranched alkanes of at least 4 members (excludes halogenated alkanes) is 28. The molecule has 0 fully saturated rings. The molecule has 4 nitrogen and oxygen atoms in total. The predicted molar refractivity (Wildman–Crippen MR) is 197 cm³/mol. The van der Waals surface area contributed by atoms with Crippen molar-refractivity contribution in [1.82, 2.24) is 0 Å². The summed E-state index contributed by atoms with van der Waals surface area (Å²) in [5, 5.41) is 11.4. The van der Waals surface area contributed by atoms with Crippen LogP contribution in [-0.2, 0) is 9.59 Å². The Hall–Kier alpha value is -0.740. The Morgan fingerprint density at radius 1 is 0.400 bits per heavy atom. The molecule has 0 aliphatic heterocycles. The van der Waals surface area contributed by atoms with E-state index in [1.54, 1.807) is 0 Å². The van der Waals surface area contributed by atoms with Crippen LogP contribution in [0.15, 0.2) is 0 Å². The first-order valence-corrected chi connectivity index (χ1v) is 20.3. The number of hydrogen-bond donors (Lipinski definition) is 1. The summed E-state index contributed by atoms with van der Waals surface area (Å²) in [5.41, 5.74) is -1.83. The van der Waals surface area contributed by atoms with Gasteiger partial charge >= 0.3 is 0 Å². The Labute approximate surface area is 282 Å². The molecule has 0 unspecified atom stereocenters. The number of hydrogen-bond acceptors (Lipinski definition) is 3. The Bertz CT molecular complexity index is 622. The van der Waals surface area contributed by atoms with E-state index in [-0.39, 0.29) is 18.1 Å². The van der Waals surface area contributed by atoms with Gasteiger partial charge in [0, 0.05) is 12.8 Å². The summed E-state index contributed by atoms with van der Waals surface area (Å²) in [6, 6.07) is 0. The van der Waals surface area contributed by atoms with Gasteiger partial charge in [-0.2, -0.15) is 0 Å². The standard InChI is InChI=1S/C41H82NO3/c1-6-8-10-12-14-16-18-20-22-24-26-28-30-32-34-36-39(43)41(45,38-42(3,4)5)40(44)37-35-33-31-29-27-25-23-21-19-17-15-13-11-9-7-2/h45H,6-38H2,1-5H3/q+1. The minimum atomic E-state index is -1.83. The lowest BCUT2D eigenvalue weighted by atomic mass is 9.86. The van der Waals surface area contributed by atoms with Crippen LogP contribution in [0.5, 0.6) is 0 Å². The fourth-order valence-corrected chi connectivity index (χ4v) is 6.75. The molecule has 0 saturated heterocycles. The molecule has 0 bridgehead atoms. The highest BCUT2D eigenvalue weighted by molar-refractivity contribution is 6.10. The van der Waals surface area contributed by atoms with E-state index in [0.29, 0.717) is 17.3 Å². The second-order valence-electron chi connectivity index (χ2n) is 15.6. The molecular formula is C41H82NO3+. The number of likely N-dealkylation sites (N-methyl/N-ethyl adjacent to an activating group) is 1. The zero-order chi connectivity index (χ0) is 33.5. The molecule has 0 amide bonds. The third-order valence-corrected chi connectivity index (χ3v) is 9.64. The average Bonchev–Trinajstić information content (AvgIpc) is 2.99. The van der Waals surface area contributed by atoms with Gasteiger partial charge in [0.15, 0.2) is 11.6 Å². The van der Waals surface area contributed by atoms with E-state index in [2.05, 4.69) is 13.8 Å². The van der Waals surface area contributed by atoms with Crippen molar-refractivity contribution in [2.75, 3.05) is 27.7 Å². The third kappa shape index (κ3) is 28.0. The maximum absolute atomic E-state index is 13.2. The van der Waals surface area contributed by atoms with E-state index < -0.39 is 5.60 Å². The Kier molecular flexibility index (Phi) is 30.1. The van der Waals surface area contributed by atoms with E-state index in [9.17, 15) is 14.7 Å². The van der Waals surface area contributed by atoms with E-state index in [1.807, 2.05) is 21.1 Å². The van der Waals surface area contributed by atoms with Crippen molar-refractivity contribution in [3.8, 4) is 0 Å². The summed E-state index contributed by atoms with van der Waals surface area (Å²) in [6.45, 7) is 4.72. The zero-order valence-corrected chi connectivity index (χ0v) is 31.5. The van der Waals surface area contributed by atoms with Gasteiger partial charge in [-0.3, -0.25) is 9.59 Å². The van der Waals surface area contributed by atoms with Crippen molar-refractivity contribution in [2.24, 2.45) is 0 Å². The van der Waals surface area contributed by atoms with Crippen LogP contribution in [0.4, 0.5) is 0 Å². The van der Waals surface area contributed by atoms with Crippen LogP contribution in [0.25, 0.3) is 0 Å². The molecule has 0 heterocycles. The molecule has 1 N–H and O–H groups in total. The maximum atomic E-state index is 13.2. The van der Waals surface area contributed by atoms with Gasteiger partial charge in [-0.1, -0.05) is 194 Å². The van der Waals surface area contributed by atoms with Crippen LogP contribution >= 0.6 is 0 Å². The number of ketones is 2. The van der Waals surface area contributed by atoms with Crippen LogP contribution in [0.3, 0.4) is 0 Å². The Morgan fingerprint density at radius 3 is 0.800 bits per heavy atom. The number of rotatable bonds is 36. The predicted octanol–water partition coefficient (Wildman–Crippen LogP) is 12.1. The number of quaternary nitrogens is 1. The molecule has 268 valence electrons. The summed E-state index contributed by atoms with van der Waals surface area (Å²) in [5.74, 6) is -0.507. The lowest BCUT2D eigenvalue weighted by Gasteiger charge is -2.33. The number of Topliss-reactive ketones (excluding diaryl/α,β-unsaturated/α-hetero) is 2. The van der Waals surface area contributed by atoms with E-state index >= 15 is 0 Å². The van der Waals surface area contributed by atoms with Crippen LogP contribution in [0.2, 0.25) is 0 Å². The number of carbonyl (C=O) groups excluding carboxylic acids is 2. The average molecular weight is 637 g/mol. The monoisotopic (exact) mass is 637 g/mol. The lowest BCUT2D eigenvalue weighted by molar-refractivity contribution is -0.874. The first kappa shape index (κ1) is 44.3. The van der Waals surface area contributed by atoms with Crippen molar-refractivity contribution < 1.29 is 19.2 Å². The fraction of sp³-hybridized carbons (Fsp3) is 0.951. The molecule has 0 aliphatic carbocycles. The first-order chi connectivity index (χ1) is 21.7. The molecular weight excluding hydrogens is 554 g/mol. The smallest absolute Gasteiger partial charge is 0.230 e. The molecule has 4 heteroatoms. The van der Waals surface area contributed by atoms with E-state index in [1.165, 1.54) is 154 Å². The van der Waals surface area contributed by atoms with Gasteiger partial charge in [-0.05, 0) is 12.8 Å². The second kappa shape index (κ2) is 30.6. The lowest BCUT2D eigenvalue weighted by Crippen LogP contribution is -2.58.